The lowest BCUT2D eigenvalue weighted by molar-refractivity contribution is 0.267. The molecule has 0 unspecified atom stereocenters. The Morgan fingerprint density at radius 1 is 1.16 bits per heavy atom. The molecule has 2 aromatic carbocycles. The molecule has 0 saturated carbocycles. The average Bonchev–Trinajstić information content (AvgIpc) is 2.80. The van der Waals surface area contributed by atoms with Crippen molar-refractivity contribution in [2.24, 2.45) is 0 Å². The number of rotatable bonds is 3. The van der Waals surface area contributed by atoms with Crippen molar-refractivity contribution >= 4 is 28.4 Å². The van der Waals surface area contributed by atoms with Gasteiger partial charge in [-0.3, -0.25) is 0 Å². The summed E-state index contributed by atoms with van der Waals surface area (Å²) in [4.78, 5) is 4.31. The van der Waals surface area contributed by atoms with E-state index in [-0.39, 0.29) is 6.61 Å². The minimum atomic E-state index is 0.260. The molecule has 0 aliphatic rings. The molecule has 19 heavy (non-hydrogen) atoms. The molecule has 0 radical (unpaired) electrons. The molecule has 0 aliphatic heterocycles. The van der Waals surface area contributed by atoms with Crippen LogP contribution in [0.5, 0.6) is 5.75 Å². The van der Waals surface area contributed by atoms with Crippen LogP contribution in [-0.2, 0) is 6.61 Å². The highest BCUT2D eigenvalue weighted by Gasteiger charge is 2.06. The van der Waals surface area contributed by atoms with Gasteiger partial charge in [-0.15, -0.1) is 0 Å². The zero-order valence-electron chi connectivity index (χ0n) is 9.97. The van der Waals surface area contributed by atoms with Gasteiger partial charge in [0.2, 0.25) is 5.89 Å². The number of nitrogen functional groups attached to an aromatic ring is 1. The van der Waals surface area contributed by atoms with Crippen molar-refractivity contribution < 1.29 is 9.15 Å². The Kier molecular flexibility index (Phi) is 3.01. The number of hydrogen-bond acceptors (Lipinski definition) is 4. The molecule has 2 N–H and O–H groups in total. The van der Waals surface area contributed by atoms with Gasteiger partial charge in [0.15, 0.2) is 12.2 Å². The molecule has 5 heteroatoms. The molecule has 0 bridgehead atoms. The van der Waals surface area contributed by atoms with Gasteiger partial charge >= 0.3 is 0 Å². The van der Waals surface area contributed by atoms with Crippen LogP contribution in [0.4, 0.5) is 5.69 Å². The Hall–Kier alpha value is -2.20. The quantitative estimate of drug-likeness (QED) is 0.741. The summed E-state index contributed by atoms with van der Waals surface area (Å²) in [5.74, 6) is 1.23. The maximum Gasteiger partial charge on any atom is 0.233 e. The molecular weight excluding hydrogens is 264 g/mol. The van der Waals surface area contributed by atoms with Crippen molar-refractivity contribution in [3.05, 3.63) is 53.4 Å². The predicted octanol–water partition coefficient (Wildman–Crippen LogP) is 3.64. The van der Waals surface area contributed by atoms with Crippen LogP contribution in [0.1, 0.15) is 5.89 Å². The summed E-state index contributed by atoms with van der Waals surface area (Å²) < 4.78 is 11.1. The number of ether oxygens (including phenoxy) is 1. The third-order valence-electron chi connectivity index (χ3n) is 2.64. The second-order valence-electron chi connectivity index (χ2n) is 4.08. The van der Waals surface area contributed by atoms with E-state index >= 15 is 0 Å². The number of nitrogens with zero attached hydrogens (tertiary/aromatic N) is 1. The van der Waals surface area contributed by atoms with Crippen molar-refractivity contribution in [2.45, 2.75) is 6.61 Å². The lowest BCUT2D eigenvalue weighted by Gasteiger charge is -2.02. The summed E-state index contributed by atoms with van der Waals surface area (Å²) in [6, 6.07) is 12.5. The van der Waals surface area contributed by atoms with Crippen LogP contribution in [0.2, 0.25) is 5.02 Å². The van der Waals surface area contributed by atoms with E-state index in [1.807, 2.05) is 6.07 Å². The smallest absolute Gasteiger partial charge is 0.233 e. The van der Waals surface area contributed by atoms with Gasteiger partial charge in [-0.05, 0) is 36.4 Å². The zero-order valence-corrected chi connectivity index (χ0v) is 10.7. The van der Waals surface area contributed by atoms with Gasteiger partial charge in [-0.2, -0.15) is 0 Å². The highest BCUT2D eigenvalue weighted by molar-refractivity contribution is 6.31. The minimum Gasteiger partial charge on any atom is -0.484 e. The number of fused-ring (bicyclic) bond motifs is 1. The lowest BCUT2D eigenvalue weighted by atomic mass is 10.3. The Morgan fingerprint density at radius 2 is 1.95 bits per heavy atom. The molecule has 4 nitrogen and oxygen atoms in total. The van der Waals surface area contributed by atoms with Crippen molar-refractivity contribution in [3.63, 3.8) is 0 Å². The molecule has 0 amide bonds. The fourth-order valence-corrected chi connectivity index (χ4v) is 1.88. The van der Waals surface area contributed by atoms with Crippen molar-refractivity contribution in [3.8, 4) is 5.75 Å². The third-order valence-corrected chi connectivity index (χ3v) is 2.87. The highest BCUT2D eigenvalue weighted by Crippen LogP contribution is 2.21. The number of halogens is 1. The molecular formula is C14H11ClN2O2. The van der Waals surface area contributed by atoms with E-state index in [4.69, 9.17) is 26.5 Å². The van der Waals surface area contributed by atoms with Crippen molar-refractivity contribution in [2.75, 3.05) is 5.73 Å². The fourth-order valence-electron chi connectivity index (χ4n) is 1.72. The maximum absolute atomic E-state index is 5.88. The number of nitrogens with two attached hydrogens (primary N) is 1. The lowest BCUT2D eigenvalue weighted by Crippen LogP contribution is -1.95. The molecule has 1 heterocycles. The topological polar surface area (TPSA) is 61.3 Å². The third kappa shape index (κ3) is 2.63. The SMILES string of the molecule is Nc1ccc(OCc2nc3ccc(Cl)cc3o2)cc1. The number of aromatic nitrogens is 1. The molecule has 0 saturated heterocycles. The van der Waals surface area contributed by atoms with Gasteiger partial charge in [0.25, 0.3) is 0 Å². The number of benzene rings is 2. The first kappa shape index (κ1) is 11.9. The van der Waals surface area contributed by atoms with Gasteiger partial charge in [-0.1, -0.05) is 11.6 Å². The Balaban J connectivity index is 1.76. The number of oxazole rings is 1. The summed E-state index contributed by atoms with van der Waals surface area (Å²) in [5.41, 5.74) is 7.72. The maximum atomic E-state index is 5.88. The summed E-state index contributed by atoms with van der Waals surface area (Å²) in [5, 5.41) is 0.620. The summed E-state index contributed by atoms with van der Waals surface area (Å²) in [6.45, 7) is 0.260. The van der Waals surface area contributed by atoms with Crippen LogP contribution in [0.3, 0.4) is 0 Å². The van der Waals surface area contributed by atoms with E-state index in [2.05, 4.69) is 4.98 Å². The molecule has 3 rings (SSSR count). The van der Waals surface area contributed by atoms with Crippen LogP contribution in [0.15, 0.2) is 46.9 Å². The highest BCUT2D eigenvalue weighted by atomic mass is 35.5. The van der Waals surface area contributed by atoms with E-state index in [9.17, 15) is 0 Å². The summed E-state index contributed by atoms with van der Waals surface area (Å²) >= 11 is 5.88. The van der Waals surface area contributed by atoms with Gasteiger partial charge in [0.05, 0.1) is 0 Å². The summed E-state index contributed by atoms with van der Waals surface area (Å²) in [6.07, 6.45) is 0. The van der Waals surface area contributed by atoms with Crippen LogP contribution in [0.25, 0.3) is 11.1 Å². The second kappa shape index (κ2) is 4.82. The van der Waals surface area contributed by atoms with Crippen LogP contribution in [-0.4, -0.2) is 4.98 Å². The molecule has 3 aromatic rings. The van der Waals surface area contributed by atoms with Crippen LogP contribution < -0.4 is 10.5 Å². The van der Waals surface area contributed by atoms with E-state index in [0.29, 0.717) is 22.2 Å². The average molecular weight is 275 g/mol. The van der Waals surface area contributed by atoms with Gasteiger partial charge < -0.3 is 14.9 Å². The monoisotopic (exact) mass is 274 g/mol. The molecule has 0 atom stereocenters. The molecule has 0 aliphatic carbocycles. The van der Waals surface area contributed by atoms with Crippen molar-refractivity contribution in [1.29, 1.82) is 0 Å². The van der Waals surface area contributed by atoms with E-state index in [1.54, 1.807) is 36.4 Å². The largest absolute Gasteiger partial charge is 0.484 e. The minimum absolute atomic E-state index is 0.260. The van der Waals surface area contributed by atoms with Crippen molar-refractivity contribution in [1.82, 2.24) is 4.98 Å². The normalized spacial score (nSPS) is 10.8. The first-order valence-electron chi connectivity index (χ1n) is 5.74. The fraction of sp³-hybridized carbons (Fsp3) is 0.0714. The Bertz CT molecular complexity index is 707. The predicted molar refractivity (Wildman–Crippen MR) is 74.2 cm³/mol. The second-order valence-corrected chi connectivity index (χ2v) is 4.51. The van der Waals surface area contributed by atoms with Crippen LogP contribution >= 0.6 is 11.6 Å². The van der Waals surface area contributed by atoms with Gasteiger partial charge in [0, 0.05) is 16.8 Å². The first-order valence-corrected chi connectivity index (χ1v) is 6.12. The Labute approximate surface area is 114 Å². The zero-order chi connectivity index (χ0) is 13.2. The molecule has 1 aromatic heterocycles. The summed E-state index contributed by atoms with van der Waals surface area (Å²) in [7, 11) is 0. The van der Waals surface area contributed by atoms with Gasteiger partial charge in [-0.25, -0.2) is 4.98 Å². The first-order chi connectivity index (χ1) is 9.20. The standard InChI is InChI=1S/C14H11ClN2O2/c15-9-1-6-12-13(7-9)19-14(17-12)8-18-11-4-2-10(16)3-5-11/h1-7H,8,16H2. The molecule has 0 spiro atoms. The molecule has 96 valence electrons. The van der Waals surface area contributed by atoms with Gasteiger partial charge in [0.1, 0.15) is 11.3 Å². The number of hydrogen-bond donors (Lipinski definition) is 1. The van der Waals surface area contributed by atoms with Crippen LogP contribution in [0, 0.1) is 0 Å². The van der Waals surface area contributed by atoms with E-state index < -0.39 is 0 Å². The van der Waals surface area contributed by atoms with E-state index in [1.165, 1.54) is 0 Å². The van der Waals surface area contributed by atoms with E-state index in [0.717, 1.165) is 11.3 Å². The molecule has 0 fully saturated rings. The Morgan fingerprint density at radius 3 is 2.74 bits per heavy atom. The number of anilines is 1.